The van der Waals surface area contributed by atoms with Crippen LogP contribution in [0.3, 0.4) is 0 Å². The van der Waals surface area contributed by atoms with Gasteiger partial charge in [0.1, 0.15) is 5.76 Å². The zero-order valence-electron chi connectivity index (χ0n) is 7.07. The van der Waals surface area contributed by atoms with E-state index in [0.29, 0.717) is 5.69 Å². The van der Waals surface area contributed by atoms with Crippen LogP contribution in [0.4, 0.5) is 0 Å². The highest BCUT2D eigenvalue weighted by molar-refractivity contribution is 5.75. The van der Waals surface area contributed by atoms with Crippen LogP contribution < -0.4 is 0 Å². The van der Waals surface area contributed by atoms with E-state index in [1.807, 2.05) is 13.0 Å². The molecule has 0 saturated carbocycles. The molecule has 1 N–H and O–H groups in total. The van der Waals surface area contributed by atoms with Gasteiger partial charge in [-0.1, -0.05) is 5.16 Å². The third kappa shape index (κ3) is 1.26. The molecule has 0 aromatic carbocycles. The summed E-state index contributed by atoms with van der Waals surface area (Å²) in [4.78, 5) is 13.3. The zero-order valence-corrected chi connectivity index (χ0v) is 7.07. The van der Waals surface area contributed by atoms with E-state index < -0.39 is 0 Å². The number of aromatic nitrogens is 2. The lowest BCUT2D eigenvalue weighted by atomic mass is 10.2. The fourth-order valence-electron chi connectivity index (χ4n) is 1.20. The minimum absolute atomic E-state index is 0.551. The second-order valence-corrected chi connectivity index (χ2v) is 2.74. The highest BCUT2D eigenvalue weighted by Crippen LogP contribution is 2.21. The van der Waals surface area contributed by atoms with E-state index in [-0.39, 0.29) is 0 Å². The second-order valence-electron chi connectivity index (χ2n) is 2.74. The Balaban J connectivity index is 2.46. The maximum atomic E-state index is 10.4. The maximum Gasteiger partial charge on any atom is 0.166 e. The van der Waals surface area contributed by atoms with Crippen LogP contribution >= 0.6 is 0 Å². The molecule has 0 aliphatic heterocycles. The number of aromatic amines is 1. The van der Waals surface area contributed by atoms with Gasteiger partial charge in [0.15, 0.2) is 6.29 Å². The maximum absolute atomic E-state index is 10.4. The fourth-order valence-corrected chi connectivity index (χ4v) is 1.20. The first-order chi connectivity index (χ1) is 6.31. The highest BCUT2D eigenvalue weighted by Gasteiger charge is 2.07. The molecule has 13 heavy (non-hydrogen) atoms. The normalized spacial score (nSPS) is 10.2. The SMILES string of the molecule is Cc1oncc1-c1ccc(C=O)[nH]1. The van der Waals surface area contributed by atoms with Crippen molar-refractivity contribution in [3.63, 3.8) is 0 Å². The molecule has 2 rings (SSSR count). The number of H-pyrrole nitrogens is 1. The summed E-state index contributed by atoms with van der Waals surface area (Å²) in [6.45, 7) is 1.82. The minimum Gasteiger partial charge on any atom is -0.361 e. The number of hydrogen-bond donors (Lipinski definition) is 1. The Labute approximate surface area is 74.6 Å². The van der Waals surface area contributed by atoms with Gasteiger partial charge in [-0.15, -0.1) is 0 Å². The third-order valence-corrected chi connectivity index (χ3v) is 1.88. The molecule has 0 fully saturated rings. The molecular formula is C9H8N2O2. The van der Waals surface area contributed by atoms with Gasteiger partial charge in [-0.05, 0) is 19.1 Å². The summed E-state index contributed by atoms with van der Waals surface area (Å²) in [7, 11) is 0. The van der Waals surface area contributed by atoms with Gasteiger partial charge in [0.25, 0.3) is 0 Å². The van der Waals surface area contributed by atoms with Crippen molar-refractivity contribution in [3.05, 3.63) is 29.8 Å². The first kappa shape index (κ1) is 7.79. The Kier molecular flexibility index (Phi) is 1.73. The minimum atomic E-state index is 0.551. The van der Waals surface area contributed by atoms with Crippen LogP contribution in [0.15, 0.2) is 22.9 Å². The molecule has 0 bridgehead atoms. The first-order valence-electron chi connectivity index (χ1n) is 3.87. The molecule has 0 unspecified atom stereocenters. The Morgan fingerprint density at radius 1 is 1.54 bits per heavy atom. The van der Waals surface area contributed by atoms with Crippen LogP contribution in [-0.2, 0) is 0 Å². The van der Waals surface area contributed by atoms with E-state index in [4.69, 9.17) is 4.52 Å². The quantitative estimate of drug-likeness (QED) is 0.709. The molecule has 0 aliphatic rings. The predicted molar refractivity (Wildman–Crippen MR) is 46.4 cm³/mol. The van der Waals surface area contributed by atoms with Crippen LogP contribution in [0, 0.1) is 6.92 Å². The second kappa shape index (κ2) is 2.90. The molecule has 2 aromatic rings. The van der Waals surface area contributed by atoms with Gasteiger partial charge >= 0.3 is 0 Å². The summed E-state index contributed by atoms with van der Waals surface area (Å²) < 4.78 is 4.90. The third-order valence-electron chi connectivity index (χ3n) is 1.88. The predicted octanol–water partition coefficient (Wildman–Crippen LogP) is 1.79. The van der Waals surface area contributed by atoms with Crippen LogP contribution in [0.5, 0.6) is 0 Å². The molecular weight excluding hydrogens is 168 g/mol. The Hall–Kier alpha value is -1.84. The number of carbonyl (C=O) groups is 1. The molecule has 0 aliphatic carbocycles. The number of nitrogens with zero attached hydrogens (tertiary/aromatic N) is 1. The van der Waals surface area contributed by atoms with Crippen molar-refractivity contribution in [1.82, 2.24) is 10.1 Å². The molecule has 4 heteroatoms. The summed E-state index contributed by atoms with van der Waals surface area (Å²) in [5.41, 5.74) is 2.28. The number of carbonyl (C=O) groups excluding carboxylic acids is 1. The lowest BCUT2D eigenvalue weighted by Crippen LogP contribution is -1.80. The van der Waals surface area contributed by atoms with Crippen molar-refractivity contribution >= 4 is 6.29 Å². The van der Waals surface area contributed by atoms with Gasteiger partial charge in [-0.25, -0.2) is 0 Å². The van der Waals surface area contributed by atoms with Gasteiger partial charge in [0.2, 0.25) is 0 Å². The van der Waals surface area contributed by atoms with E-state index in [1.54, 1.807) is 12.3 Å². The van der Waals surface area contributed by atoms with E-state index in [0.717, 1.165) is 23.3 Å². The van der Waals surface area contributed by atoms with Gasteiger partial charge < -0.3 is 9.51 Å². The van der Waals surface area contributed by atoms with Crippen molar-refractivity contribution in [1.29, 1.82) is 0 Å². The van der Waals surface area contributed by atoms with E-state index >= 15 is 0 Å². The Morgan fingerprint density at radius 3 is 2.92 bits per heavy atom. The van der Waals surface area contributed by atoms with Gasteiger partial charge in [0.05, 0.1) is 23.1 Å². The van der Waals surface area contributed by atoms with Crippen LogP contribution in [0.25, 0.3) is 11.3 Å². The van der Waals surface area contributed by atoms with E-state index in [9.17, 15) is 4.79 Å². The van der Waals surface area contributed by atoms with Crippen LogP contribution in [-0.4, -0.2) is 16.4 Å². The number of hydrogen-bond acceptors (Lipinski definition) is 3. The summed E-state index contributed by atoms with van der Waals surface area (Å²) >= 11 is 0. The lowest BCUT2D eigenvalue weighted by molar-refractivity contribution is 0.111. The molecule has 0 saturated heterocycles. The Bertz CT molecular complexity index is 428. The molecule has 0 spiro atoms. The van der Waals surface area contributed by atoms with E-state index in [2.05, 4.69) is 10.1 Å². The largest absolute Gasteiger partial charge is 0.361 e. The fraction of sp³-hybridized carbons (Fsp3) is 0.111. The van der Waals surface area contributed by atoms with E-state index in [1.165, 1.54) is 0 Å². The highest BCUT2D eigenvalue weighted by atomic mass is 16.5. The molecule has 2 aromatic heterocycles. The summed E-state index contributed by atoms with van der Waals surface area (Å²) in [5.74, 6) is 0.735. The molecule has 66 valence electrons. The lowest BCUT2D eigenvalue weighted by Gasteiger charge is -1.90. The first-order valence-corrected chi connectivity index (χ1v) is 3.87. The summed E-state index contributed by atoms with van der Waals surface area (Å²) in [6.07, 6.45) is 2.39. The molecule has 2 heterocycles. The molecule has 0 amide bonds. The molecule has 4 nitrogen and oxygen atoms in total. The smallest absolute Gasteiger partial charge is 0.166 e. The number of aldehydes is 1. The number of nitrogens with one attached hydrogen (secondary N) is 1. The average molecular weight is 176 g/mol. The van der Waals surface area contributed by atoms with Gasteiger partial charge in [0, 0.05) is 0 Å². The standard InChI is InChI=1S/C9H8N2O2/c1-6-8(4-10-13-6)9-3-2-7(5-12)11-9/h2-5,11H,1H3. The van der Waals surface area contributed by atoms with Crippen LogP contribution in [0.2, 0.25) is 0 Å². The molecule has 0 radical (unpaired) electrons. The monoisotopic (exact) mass is 176 g/mol. The van der Waals surface area contributed by atoms with Crippen molar-refractivity contribution in [2.75, 3.05) is 0 Å². The average Bonchev–Trinajstić information content (AvgIpc) is 2.71. The van der Waals surface area contributed by atoms with Crippen molar-refractivity contribution < 1.29 is 9.32 Å². The van der Waals surface area contributed by atoms with Crippen molar-refractivity contribution in [2.24, 2.45) is 0 Å². The van der Waals surface area contributed by atoms with Gasteiger partial charge in [-0.2, -0.15) is 0 Å². The summed E-state index contributed by atoms with van der Waals surface area (Å²) in [6, 6.07) is 3.54. The number of aryl methyl sites for hydroxylation is 1. The van der Waals surface area contributed by atoms with Crippen molar-refractivity contribution in [2.45, 2.75) is 6.92 Å². The van der Waals surface area contributed by atoms with Crippen molar-refractivity contribution in [3.8, 4) is 11.3 Å². The van der Waals surface area contributed by atoms with Crippen LogP contribution in [0.1, 0.15) is 16.2 Å². The van der Waals surface area contributed by atoms with Gasteiger partial charge in [-0.3, -0.25) is 4.79 Å². The Morgan fingerprint density at radius 2 is 2.38 bits per heavy atom. The summed E-state index contributed by atoms with van der Waals surface area (Å²) in [5, 5.41) is 3.65. The number of rotatable bonds is 2. The molecule has 0 atom stereocenters. The zero-order chi connectivity index (χ0) is 9.26. The topological polar surface area (TPSA) is 58.9 Å².